The van der Waals surface area contributed by atoms with Gasteiger partial charge in [0.2, 0.25) is 0 Å². The molecule has 6 nitrogen and oxygen atoms in total. The molecule has 1 aromatic carbocycles. The summed E-state index contributed by atoms with van der Waals surface area (Å²) in [7, 11) is 3.13. The van der Waals surface area contributed by atoms with Gasteiger partial charge in [-0.25, -0.2) is 0 Å². The Kier molecular flexibility index (Phi) is 3.44. The third kappa shape index (κ3) is 2.40. The van der Waals surface area contributed by atoms with Crippen LogP contribution >= 0.6 is 0 Å². The van der Waals surface area contributed by atoms with Gasteiger partial charge < -0.3 is 14.0 Å². The fourth-order valence-corrected chi connectivity index (χ4v) is 1.44. The maximum atomic E-state index is 8.55. The number of aromatic nitrogens is 2. The van der Waals surface area contributed by atoms with E-state index in [1.54, 1.807) is 32.4 Å². The molecule has 0 saturated carbocycles. The molecule has 2 rings (SSSR count). The Hall–Kier alpha value is -2.55. The topological polar surface area (TPSA) is 81.2 Å². The molecule has 0 aliphatic carbocycles. The summed E-state index contributed by atoms with van der Waals surface area (Å²) >= 11 is 0. The minimum atomic E-state index is 0.116. The summed E-state index contributed by atoms with van der Waals surface area (Å²) in [5.74, 6) is 1.94. The average Bonchev–Trinajstić information content (AvgIpc) is 2.87. The van der Waals surface area contributed by atoms with Gasteiger partial charge in [-0.15, -0.1) is 0 Å². The zero-order valence-corrected chi connectivity index (χ0v) is 10.0. The van der Waals surface area contributed by atoms with Crippen LogP contribution in [0, 0.1) is 11.3 Å². The van der Waals surface area contributed by atoms with Gasteiger partial charge in [0.05, 0.1) is 26.7 Å². The molecule has 0 saturated heterocycles. The Bertz CT molecular complexity index is 564. The number of nitrogens with zero attached hydrogens (tertiary/aromatic N) is 3. The van der Waals surface area contributed by atoms with E-state index in [1.807, 2.05) is 6.07 Å². The molecule has 2 aromatic rings. The summed E-state index contributed by atoms with van der Waals surface area (Å²) in [5, 5.41) is 12.3. The molecular formula is C12H11N3O3. The lowest BCUT2D eigenvalue weighted by Gasteiger charge is -2.05. The monoisotopic (exact) mass is 245 g/mol. The van der Waals surface area contributed by atoms with E-state index >= 15 is 0 Å². The van der Waals surface area contributed by atoms with Crippen molar-refractivity contribution in [3.63, 3.8) is 0 Å². The van der Waals surface area contributed by atoms with Gasteiger partial charge in [-0.3, -0.25) is 0 Å². The quantitative estimate of drug-likeness (QED) is 0.817. The van der Waals surface area contributed by atoms with E-state index in [0.29, 0.717) is 28.8 Å². The van der Waals surface area contributed by atoms with Crippen molar-refractivity contribution < 1.29 is 14.0 Å². The summed E-state index contributed by atoms with van der Waals surface area (Å²) in [5.41, 5.74) is 0.683. The molecule has 1 heterocycles. The minimum Gasteiger partial charge on any atom is -0.497 e. The van der Waals surface area contributed by atoms with Crippen LogP contribution in [0.3, 0.4) is 0 Å². The van der Waals surface area contributed by atoms with Crippen molar-refractivity contribution in [3.05, 3.63) is 24.0 Å². The van der Waals surface area contributed by atoms with Crippen molar-refractivity contribution in [2.24, 2.45) is 0 Å². The van der Waals surface area contributed by atoms with Crippen LogP contribution in [0.5, 0.6) is 11.5 Å². The average molecular weight is 245 g/mol. The lowest BCUT2D eigenvalue weighted by Crippen LogP contribution is -1.89. The number of methoxy groups -OCH3 is 2. The van der Waals surface area contributed by atoms with Crippen molar-refractivity contribution in [2.45, 2.75) is 6.42 Å². The number of ether oxygens (including phenoxy) is 2. The maximum absolute atomic E-state index is 8.55. The minimum absolute atomic E-state index is 0.116. The largest absolute Gasteiger partial charge is 0.497 e. The second-order valence-electron chi connectivity index (χ2n) is 3.45. The number of hydrogen-bond acceptors (Lipinski definition) is 6. The second-order valence-corrected chi connectivity index (χ2v) is 3.45. The number of nitriles is 1. The summed E-state index contributed by atoms with van der Waals surface area (Å²) < 4.78 is 15.4. The molecule has 0 fully saturated rings. The predicted molar refractivity (Wildman–Crippen MR) is 62.2 cm³/mol. The van der Waals surface area contributed by atoms with E-state index in [-0.39, 0.29) is 6.42 Å². The van der Waals surface area contributed by atoms with Crippen LogP contribution in [0.15, 0.2) is 22.7 Å². The molecular weight excluding hydrogens is 234 g/mol. The molecule has 0 spiro atoms. The van der Waals surface area contributed by atoms with E-state index in [4.69, 9.17) is 19.3 Å². The number of rotatable bonds is 4. The van der Waals surface area contributed by atoms with Crippen molar-refractivity contribution >= 4 is 0 Å². The zero-order chi connectivity index (χ0) is 13.0. The highest BCUT2D eigenvalue weighted by Gasteiger charge is 2.11. The summed E-state index contributed by atoms with van der Waals surface area (Å²) in [6.45, 7) is 0. The summed E-state index contributed by atoms with van der Waals surface area (Å²) in [6.07, 6.45) is 0.116. The first-order valence-electron chi connectivity index (χ1n) is 5.20. The van der Waals surface area contributed by atoms with Gasteiger partial charge in [-0.2, -0.15) is 10.2 Å². The molecule has 0 amide bonds. The smallest absolute Gasteiger partial charge is 0.258 e. The molecule has 0 radical (unpaired) electrons. The van der Waals surface area contributed by atoms with Gasteiger partial charge in [0.15, 0.2) is 5.82 Å². The van der Waals surface area contributed by atoms with E-state index in [9.17, 15) is 0 Å². The van der Waals surface area contributed by atoms with Crippen molar-refractivity contribution in [1.29, 1.82) is 5.26 Å². The summed E-state index contributed by atoms with van der Waals surface area (Å²) in [4.78, 5) is 4.11. The van der Waals surface area contributed by atoms with E-state index < -0.39 is 0 Å². The predicted octanol–water partition coefficient (Wildman–Crippen LogP) is 1.82. The Morgan fingerprint density at radius 2 is 1.89 bits per heavy atom. The van der Waals surface area contributed by atoms with Gasteiger partial charge in [0.1, 0.15) is 11.5 Å². The molecule has 18 heavy (non-hydrogen) atoms. The van der Waals surface area contributed by atoms with Crippen molar-refractivity contribution in [2.75, 3.05) is 14.2 Å². The molecule has 0 atom stereocenters. The van der Waals surface area contributed by atoms with Gasteiger partial charge in [-0.1, -0.05) is 5.16 Å². The first-order valence-corrected chi connectivity index (χ1v) is 5.20. The lowest BCUT2D eigenvalue weighted by molar-refractivity contribution is 0.393. The first-order chi connectivity index (χ1) is 8.76. The third-order valence-corrected chi connectivity index (χ3v) is 2.30. The van der Waals surface area contributed by atoms with Gasteiger partial charge in [0.25, 0.3) is 5.89 Å². The highest BCUT2D eigenvalue weighted by Crippen LogP contribution is 2.28. The van der Waals surface area contributed by atoms with Crippen LogP contribution in [0.2, 0.25) is 0 Å². The van der Waals surface area contributed by atoms with Crippen LogP contribution in [0.25, 0.3) is 11.5 Å². The molecule has 0 bridgehead atoms. The molecule has 0 aliphatic heterocycles. The maximum Gasteiger partial charge on any atom is 0.258 e. The highest BCUT2D eigenvalue weighted by atomic mass is 16.5. The van der Waals surface area contributed by atoms with Gasteiger partial charge in [-0.05, 0) is 12.1 Å². The molecule has 0 unspecified atom stereocenters. The van der Waals surface area contributed by atoms with Crippen LogP contribution in [0.4, 0.5) is 0 Å². The molecule has 6 heteroatoms. The normalized spacial score (nSPS) is 9.83. The van der Waals surface area contributed by atoms with Crippen LogP contribution < -0.4 is 9.47 Å². The lowest BCUT2D eigenvalue weighted by atomic mass is 10.2. The standard InChI is InChI=1S/C12H11N3O3/c1-16-9-5-8(6-10(7-9)17-2)12-14-11(3-4-13)15-18-12/h5-7H,3H2,1-2H3. The van der Waals surface area contributed by atoms with E-state index in [2.05, 4.69) is 10.1 Å². The Balaban J connectivity index is 2.39. The first kappa shape index (κ1) is 11.9. The highest BCUT2D eigenvalue weighted by molar-refractivity contribution is 5.59. The number of benzene rings is 1. The third-order valence-electron chi connectivity index (χ3n) is 2.30. The molecule has 92 valence electrons. The van der Waals surface area contributed by atoms with Gasteiger partial charge in [0, 0.05) is 11.6 Å². The van der Waals surface area contributed by atoms with Crippen LogP contribution in [-0.4, -0.2) is 24.4 Å². The zero-order valence-electron chi connectivity index (χ0n) is 10.0. The second kappa shape index (κ2) is 5.19. The Labute approximate surface area is 104 Å². The van der Waals surface area contributed by atoms with Gasteiger partial charge >= 0.3 is 0 Å². The van der Waals surface area contributed by atoms with Crippen molar-refractivity contribution in [1.82, 2.24) is 10.1 Å². The van der Waals surface area contributed by atoms with E-state index in [0.717, 1.165) is 0 Å². The molecule has 0 aliphatic rings. The fourth-order valence-electron chi connectivity index (χ4n) is 1.44. The van der Waals surface area contributed by atoms with E-state index in [1.165, 1.54) is 0 Å². The fraction of sp³-hybridized carbons (Fsp3) is 0.250. The molecule has 1 aromatic heterocycles. The molecule has 0 N–H and O–H groups in total. The summed E-state index contributed by atoms with van der Waals surface area (Å²) in [6, 6.07) is 7.22. The van der Waals surface area contributed by atoms with Crippen LogP contribution in [0.1, 0.15) is 5.82 Å². The Morgan fingerprint density at radius 1 is 1.22 bits per heavy atom. The number of hydrogen-bond donors (Lipinski definition) is 0. The Morgan fingerprint density at radius 3 is 2.44 bits per heavy atom. The van der Waals surface area contributed by atoms with Crippen LogP contribution in [-0.2, 0) is 6.42 Å². The van der Waals surface area contributed by atoms with Crippen molar-refractivity contribution in [3.8, 4) is 29.0 Å². The SMILES string of the molecule is COc1cc(OC)cc(-c2nc(CC#N)no2)c1.